The molecule has 1 N–H and O–H groups in total. The molecular weight excluding hydrogens is 565 g/mol. The van der Waals surface area contributed by atoms with E-state index >= 15 is 4.39 Å². The number of anilines is 1. The fourth-order valence-electron chi connectivity index (χ4n) is 6.93. The molecule has 0 saturated carbocycles. The second kappa shape index (κ2) is 12.6. The first kappa shape index (κ1) is 30.1. The average molecular weight is 603 g/mol. The lowest BCUT2D eigenvalue weighted by molar-refractivity contribution is 0.292. The number of likely N-dealkylation sites (N-methyl/N-ethyl adjacent to an activating group) is 1. The predicted molar refractivity (Wildman–Crippen MR) is 168 cm³/mol. The van der Waals surface area contributed by atoms with Gasteiger partial charge in [0.05, 0.1) is 18.1 Å². The summed E-state index contributed by atoms with van der Waals surface area (Å²) in [6.07, 6.45) is 5.32. The van der Waals surface area contributed by atoms with E-state index in [0.29, 0.717) is 34.7 Å². The monoisotopic (exact) mass is 602 g/mol. The van der Waals surface area contributed by atoms with Gasteiger partial charge in [-0.2, -0.15) is 9.97 Å². The van der Waals surface area contributed by atoms with E-state index in [1.165, 1.54) is 26.0 Å². The molecule has 2 aromatic heterocycles. The molecule has 0 spiro atoms. The summed E-state index contributed by atoms with van der Waals surface area (Å²) in [4.78, 5) is 17.7. The minimum Gasteiger partial charge on any atom is -0.467 e. The molecule has 4 aromatic rings. The van der Waals surface area contributed by atoms with E-state index in [9.17, 15) is 8.78 Å². The van der Waals surface area contributed by atoms with Gasteiger partial charge < -0.3 is 15.0 Å². The zero-order chi connectivity index (χ0) is 31.0. The molecule has 44 heavy (non-hydrogen) atoms. The van der Waals surface area contributed by atoms with Gasteiger partial charge in [0.15, 0.2) is 5.82 Å². The summed E-state index contributed by atoms with van der Waals surface area (Å²) in [5.74, 6) is 5.04. The molecule has 3 aliphatic heterocycles. The Morgan fingerprint density at radius 2 is 1.98 bits per heavy atom. The van der Waals surface area contributed by atoms with Crippen LogP contribution < -0.4 is 15.0 Å². The van der Waals surface area contributed by atoms with Crippen molar-refractivity contribution in [1.29, 1.82) is 0 Å². The number of nitrogens with zero attached hydrogens (tertiary/aromatic N) is 5. The third-order valence-electron chi connectivity index (χ3n) is 9.10. The maximum atomic E-state index is 16.1. The molecule has 3 fully saturated rings. The van der Waals surface area contributed by atoms with Crippen LogP contribution in [0.25, 0.3) is 32.9 Å². The van der Waals surface area contributed by atoms with Crippen LogP contribution in [0.4, 0.5) is 19.0 Å². The number of benzene rings is 2. The number of halogens is 3. The summed E-state index contributed by atoms with van der Waals surface area (Å²) < 4.78 is 48.8. The van der Waals surface area contributed by atoms with Gasteiger partial charge >= 0.3 is 6.01 Å². The van der Waals surface area contributed by atoms with Crippen LogP contribution in [0.5, 0.6) is 6.01 Å². The Morgan fingerprint density at radius 1 is 1.14 bits per heavy atom. The van der Waals surface area contributed by atoms with Gasteiger partial charge in [-0.15, -0.1) is 5.92 Å². The maximum Gasteiger partial charge on any atom is 0.318 e. The maximum absolute atomic E-state index is 16.1. The Balaban J connectivity index is 0.000000323. The van der Waals surface area contributed by atoms with Crippen molar-refractivity contribution >= 4 is 27.5 Å². The number of hydrogen-bond donors (Lipinski definition) is 1. The second-order valence-electron chi connectivity index (χ2n) is 11.8. The molecule has 2 aromatic carbocycles. The lowest BCUT2D eigenvalue weighted by Crippen LogP contribution is -2.40. The standard InChI is InChI=1S/C27H25F2N5O.C7H12FN/c1-5-7-17-20(28)11-10-16-8-6-9-18(22(16)17)24-23(29)25-19(14-31-24)26(33-27(32-25)35-4)34(3)21-12-13-30-15(21)2;8-6-4-7-2-1-3-9(7)5-6/h6,8-11,14-15,21,30H,12-13H2,1-4H3;6-7H,1-5H2. The van der Waals surface area contributed by atoms with E-state index in [1.807, 2.05) is 18.0 Å². The van der Waals surface area contributed by atoms with Gasteiger partial charge in [-0.25, -0.2) is 13.2 Å². The van der Waals surface area contributed by atoms with E-state index < -0.39 is 17.8 Å². The molecular formula is C34H37F3N6O. The molecule has 230 valence electrons. The van der Waals surface area contributed by atoms with E-state index in [-0.39, 0.29) is 34.9 Å². The third-order valence-corrected chi connectivity index (χ3v) is 9.10. The number of ether oxygens (including phenoxy) is 1. The first-order chi connectivity index (χ1) is 21.3. The van der Waals surface area contributed by atoms with Gasteiger partial charge in [0.2, 0.25) is 0 Å². The van der Waals surface area contributed by atoms with Crippen molar-refractivity contribution in [2.45, 2.75) is 63.8 Å². The Bertz CT molecular complexity index is 1740. The highest BCUT2D eigenvalue weighted by molar-refractivity contribution is 6.02. The number of rotatable bonds is 4. The van der Waals surface area contributed by atoms with Gasteiger partial charge in [0.1, 0.15) is 29.0 Å². The van der Waals surface area contributed by atoms with Crippen molar-refractivity contribution in [2.75, 3.05) is 38.7 Å². The van der Waals surface area contributed by atoms with Gasteiger partial charge in [-0.3, -0.25) is 9.88 Å². The number of fused-ring (bicyclic) bond motifs is 3. The highest BCUT2D eigenvalue weighted by Gasteiger charge is 2.35. The van der Waals surface area contributed by atoms with Crippen LogP contribution in [-0.2, 0) is 0 Å². The molecule has 0 aliphatic carbocycles. The van der Waals surface area contributed by atoms with Crippen molar-refractivity contribution in [3.63, 3.8) is 0 Å². The molecule has 7 nitrogen and oxygen atoms in total. The van der Waals surface area contributed by atoms with E-state index in [1.54, 1.807) is 31.3 Å². The predicted octanol–water partition coefficient (Wildman–Crippen LogP) is 5.88. The van der Waals surface area contributed by atoms with E-state index in [0.717, 1.165) is 31.3 Å². The molecule has 3 aliphatic rings. The normalized spacial score (nSPS) is 22.8. The summed E-state index contributed by atoms with van der Waals surface area (Å²) in [5, 5.41) is 5.16. The SMILES string of the molecule is CC#Cc1c(F)ccc2cccc(-c3ncc4c(N(C)C5CCNC5C)nc(OC)nc4c3F)c12.FC1CC2CCCN2C1. The van der Waals surface area contributed by atoms with Crippen LogP contribution in [0.15, 0.2) is 36.5 Å². The van der Waals surface area contributed by atoms with E-state index in [4.69, 9.17) is 4.74 Å². The average Bonchev–Trinajstić information content (AvgIpc) is 3.74. The van der Waals surface area contributed by atoms with Crippen molar-refractivity contribution in [2.24, 2.45) is 0 Å². The van der Waals surface area contributed by atoms with Crippen LogP contribution in [0.1, 0.15) is 45.1 Å². The summed E-state index contributed by atoms with van der Waals surface area (Å²) >= 11 is 0. The first-order valence-corrected chi connectivity index (χ1v) is 15.2. The Labute approximate surface area is 255 Å². The van der Waals surface area contributed by atoms with Crippen molar-refractivity contribution in [1.82, 2.24) is 25.2 Å². The lowest BCUT2D eigenvalue weighted by Gasteiger charge is -2.29. The molecule has 3 saturated heterocycles. The number of methoxy groups -OCH3 is 1. The molecule has 7 rings (SSSR count). The fourth-order valence-corrected chi connectivity index (χ4v) is 6.93. The highest BCUT2D eigenvalue weighted by atomic mass is 19.1. The second-order valence-corrected chi connectivity index (χ2v) is 11.8. The van der Waals surface area contributed by atoms with Gasteiger partial charge in [0, 0.05) is 48.9 Å². The minimum atomic E-state index is -0.623. The number of nitrogens with one attached hydrogen (secondary N) is 1. The molecule has 0 bridgehead atoms. The van der Waals surface area contributed by atoms with Gasteiger partial charge in [-0.05, 0) is 64.1 Å². The molecule has 5 heterocycles. The summed E-state index contributed by atoms with van der Waals surface area (Å²) in [6, 6.07) is 9.48. The third kappa shape index (κ3) is 5.55. The summed E-state index contributed by atoms with van der Waals surface area (Å²) in [6.45, 7) is 6.50. The molecule has 4 atom stereocenters. The smallest absolute Gasteiger partial charge is 0.318 e. The van der Waals surface area contributed by atoms with Gasteiger partial charge in [0.25, 0.3) is 0 Å². The van der Waals surface area contributed by atoms with Crippen LogP contribution in [0.3, 0.4) is 0 Å². The van der Waals surface area contributed by atoms with Crippen LogP contribution in [0.2, 0.25) is 0 Å². The lowest BCUT2D eigenvalue weighted by atomic mass is 9.96. The number of alkyl halides is 1. The molecule has 4 unspecified atom stereocenters. The van der Waals surface area contributed by atoms with E-state index in [2.05, 4.69) is 43.9 Å². The zero-order valence-electron chi connectivity index (χ0n) is 25.5. The topological polar surface area (TPSA) is 66.4 Å². The molecule has 10 heteroatoms. The van der Waals surface area contributed by atoms with Crippen LogP contribution in [-0.4, -0.2) is 77.9 Å². The first-order valence-electron chi connectivity index (χ1n) is 15.2. The number of hydrogen-bond acceptors (Lipinski definition) is 7. The number of aromatic nitrogens is 3. The van der Waals surface area contributed by atoms with Crippen LogP contribution in [0, 0.1) is 23.5 Å². The van der Waals surface area contributed by atoms with Gasteiger partial charge in [-0.1, -0.05) is 30.2 Å². The Kier molecular flexibility index (Phi) is 8.61. The summed E-state index contributed by atoms with van der Waals surface area (Å²) in [7, 11) is 3.39. The zero-order valence-corrected chi connectivity index (χ0v) is 25.5. The Morgan fingerprint density at radius 3 is 2.70 bits per heavy atom. The van der Waals surface area contributed by atoms with Crippen molar-refractivity contribution in [3.05, 3.63) is 53.7 Å². The van der Waals surface area contributed by atoms with Crippen LogP contribution >= 0.6 is 0 Å². The molecule has 0 radical (unpaired) electrons. The minimum absolute atomic E-state index is 0.0653. The van der Waals surface area contributed by atoms with Crippen molar-refractivity contribution < 1.29 is 17.9 Å². The largest absolute Gasteiger partial charge is 0.467 e. The fraction of sp³-hybridized carbons (Fsp3) is 0.441. The summed E-state index contributed by atoms with van der Waals surface area (Å²) in [5.41, 5.74) is 0.822. The Hall–Kier alpha value is -3.94. The number of pyridine rings is 1. The quantitative estimate of drug-likeness (QED) is 0.293. The molecule has 0 amide bonds. The van der Waals surface area contributed by atoms with Crippen molar-refractivity contribution in [3.8, 4) is 29.1 Å². The highest BCUT2D eigenvalue weighted by Crippen LogP contribution is 2.37.